The van der Waals surface area contributed by atoms with Gasteiger partial charge in [-0.2, -0.15) is 0 Å². The van der Waals surface area contributed by atoms with E-state index >= 15 is 0 Å². The molecule has 18 heavy (non-hydrogen) atoms. The molecule has 0 saturated heterocycles. The number of anilines is 2. The van der Waals surface area contributed by atoms with Crippen LogP contribution in [0, 0.1) is 0 Å². The predicted octanol–water partition coefficient (Wildman–Crippen LogP) is 3.54. The van der Waals surface area contributed by atoms with Gasteiger partial charge in [-0.15, -0.1) is 0 Å². The number of nitrogens with one attached hydrogen (secondary N) is 1. The Balaban J connectivity index is 2.16. The Morgan fingerprint density at radius 1 is 1.39 bits per heavy atom. The van der Waals surface area contributed by atoms with Crippen LogP contribution >= 0.6 is 15.9 Å². The topological polar surface area (TPSA) is 32.3 Å². The molecule has 0 unspecified atom stereocenters. The van der Waals surface area contributed by atoms with Gasteiger partial charge in [0.25, 0.3) is 0 Å². The third-order valence-electron chi connectivity index (χ3n) is 4.05. The number of hydrogen-bond donors (Lipinski definition) is 1. The van der Waals surface area contributed by atoms with Crippen LogP contribution in [-0.4, -0.2) is 17.5 Å². The lowest BCUT2D eigenvalue weighted by Crippen LogP contribution is -2.65. The molecular formula is C14H17BrN2O. The van der Waals surface area contributed by atoms with E-state index in [9.17, 15) is 4.79 Å². The normalized spacial score (nSPS) is 20.7. The van der Waals surface area contributed by atoms with Crippen LogP contribution < -0.4 is 10.2 Å². The molecule has 0 bridgehead atoms. The number of hydrogen-bond acceptors (Lipinski definition) is 2. The molecule has 2 aliphatic rings. The number of fused-ring (bicyclic) bond motifs is 1. The fourth-order valence-electron chi connectivity index (χ4n) is 3.14. The maximum atomic E-state index is 12.4. The molecular weight excluding hydrogens is 292 g/mol. The average Bonchev–Trinajstić information content (AvgIpc) is 2.25. The van der Waals surface area contributed by atoms with E-state index in [0.29, 0.717) is 6.04 Å². The lowest BCUT2D eigenvalue weighted by atomic mass is 9.72. The van der Waals surface area contributed by atoms with E-state index in [1.807, 2.05) is 12.1 Å². The summed E-state index contributed by atoms with van der Waals surface area (Å²) in [6.07, 6.45) is 3.06. The number of amides is 1. The van der Waals surface area contributed by atoms with Gasteiger partial charge < -0.3 is 10.2 Å². The molecule has 1 heterocycles. The minimum atomic E-state index is -0.304. The summed E-state index contributed by atoms with van der Waals surface area (Å²) in [6, 6.07) is 6.37. The highest BCUT2D eigenvalue weighted by Crippen LogP contribution is 2.48. The summed E-state index contributed by atoms with van der Waals surface area (Å²) in [4.78, 5) is 14.7. The molecule has 0 aromatic heterocycles. The monoisotopic (exact) mass is 308 g/mol. The van der Waals surface area contributed by atoms with Gasteiger partial charge in [0, 0.05) is 10.5 Å². The largest absolute Gasteiger partial charge is 0.353 e. The van der Waals surface area contributed by atoms with Crippen molar-refractivity contribution in [2.75, 3.05) is 10.2 Å². The molecule has 1 aliphatic carbocycles. The molecule has 3 rings (SSSR count). The van der Waals surface area contributed by atoms with E-state index < -0.39 is 0 Å². The zero-order valence-electron chi connectivity index (χ0n) is 10.7. The van der Waals surface area contributed by atoms with E-state index in [0.717, 1.165) is 35.1 Å². The van der Waals surface area contributed by atoms with Crippen molar-refractivity contribution < 1.29 is 4.79 Å². The van der Waals surface area contributed by atoms with Crippen molar-refractivity contribution >= 4 is 33.2 Å². The first kappa shape index (κ1) is 12.0. The molecule has 1 amide bonds. The Morgan fingerprint density at radius 3 is 2.67 bits per heavy atom. The fourth-order valence-corrected chi connectivity index (χ4v) is 3.49. The summed E-state index contributed by atoms with van der Waals surface area (Å²) >= 11 is 3.52. The van der Waals surface area contributed by atoms with E-state index in [1.165, 1.54) is 0 Å². The minimum Gasteiger partial charge on any atom is -0.353 e. The second kappa shape index (κ2) is 3.98. The van der Waals surface area contributed by atoms with Crippen LogP contribution in [0.1, 0.15) is 33.1 Å². The van der Waals surface area contributed by atoms with Crippen LogP contribution in [0.15, 0.2) is 22.7 Å². The summed E-state index contributed by atoms with van der Waals surface area (Å²) in [5, 5.41) is 3.06. The molecule has 4 heteroatoms. The lowest BCUT2D eigenvalue weighted by Gasteiger charge is -2.54. The molecule has 1 aromatic carbocycles. The number of carbonyl (C=O) groups excluding carboxylic acids is 1. The molecule has 0 atom stereocenters. The molecule has 1 aliphatic heterocycles. The second-order valence-electron chi connectivity index (χ2n) is 5.46. The van der Waals surface area contributed by atoms with E-state index in [-0.39, 0.29) is 11.4 Å². The van der Waals surface area contributed by atoms with Crippen LogP contribution in [0.5, 0.6) is 0 Å². The van der Waals surface area contributed by atoms with E-state index in [4.69, 9.17) is 0 Å². The molecule has 0 radical (unpaired) electrons. The summed E-state index contributed by atoms with van der Waals surface area (Å²) < 4.78 is 1.05. The van der Waals surface area contributed by atoms with Crippen molar-refractivity contribution in [2.45, 2.75) is 44.7 Å². The van der Waals surface area contributed by atoms with E-state index in [2.05, 4.69) is 46.1 Å². The zero-order valence-corrected chi connectivity index (χ0v) is 12.3. The Hall–Kier alpha value is -1.03. The quantitative estimate of drug-likeness (QED) is 0.860. The fraction of sp³-hybridized carbons (Fsp3) is 0.500. The first-order chi connectivity index (χ1) is 8.54. The number of carbonyl (C=O) groups is 1. The van der Waals surface area contributed by atoms with Crippen molar-refractivity contribution in [3.8, 4) is 0 Å². The highest BCUT2D eigenvalue weighted by molar-refractivity contribution is 9.10. The van der Waals surface area contributed by atoms with Gasteiger partial charge in [0.2, 0.25) is 5.91 Å². The van der Waals surface area contributed by atoms with Crippen LogP contribution in [0.25, 0.3) is 0 Å². The van der Waals surface area contributed by atoms with Crippen LogP contribution in [0.3, 0.4) is 0 Å². The number of benzene rings is 1. The molecule has 96 valence electrons. The van der Waals surface area contributed by atoms with E-state index in [1.54, 1.807) is 0 Å². The van der Waals surface area contributed by atoms with Crippen molar-refractivity contribution in [3.63, 3.8) is 0 Å². The first-order valence-electron chi connectivity index (χ1n) is 6.45. The van der Waals surface area contributed by atoms with Gasteiger partial charge in [-0.1, -0.05) is 15.9 Å². The summed E-state index contributed by atoms with van der Waals surface area (Å²) in [5.41, 5.74) is 1.76. The number of rotatable bonds is 1. The SMILES string of the molecule is CC(C)N1c2cc(Br)ccc2NC(=O)C12CCC2. The van der Waals surface area contributed by atoms with Gasteiger partial charge in [0.1, 0.15) is 5.54 Å². The maximum Gasteiger partial charge on any atom is 0.250 e. The lowest BCUT2D eigenvalue weighted by molar-refractivity contribution is -0.124. The Kier molecular flexibility index (Phi) is 2.66. The summed E-state index contributed by atoms with van der Waals surface area (Å²) in [6.45, 7) is 4.31. The molecule has 3 nitrogen and oxygen atoms in total. The second-order valence-corrected chi connectivity index (χ2v) is 6.38. The van der Waals surface area contributed by atoms with Crippen molar-refractivity contribution in [1.82, 2.24) is 0 Å². The highest BCUT2D eigenvalue weighted by Gasteiger charge is 2.52. The van der Waals surface area contributed by atoms with Crippen molar-refractivity contribution in [3.05, 3.63) is 22.7 Å². The third-order valence-corrected chi connectivity index (χ3v) is 4.54. The Morgan fingerprint density at radius 2 is 2.11 bits per heavy atom. The minimum absolute atomic E-state index is 0.164. The van der Waals surface area contributed by atoms with Gasteiger partial charge in [-0.25, -0.2) is 0 Å². The summed E-state index contributed by atoms with van der Waals surface area (Å²) in [7, 11) is 0. The van der Waals surface area contributed by atoms with Gasteiger partial charge in [0.05, 0.1) is 11.4 Å². The number of nitrogens with zero attached hydrogens (tertiary/aromatic N) is 1. The Labute approximate surface area is 116 Å². The van der Waals surface area contributed by atoms with Gasteiger partial charge >= 0.3 is 0 Å². The van der Waals surface area contributed by atoms with Crippen molar-refractivity contribution in [2.24, 2.45) is 0 Å². The van der Waals surface area contributed by atoms with Crippen LogP contribution in [0.4, 0.5) is 11.4 Å². The van der Waals surface area contributed by atoms with Gasteiger partial charge in [0.15, 0.2) is 0 Å². The molecule has 1 aromatic rings. The average molecular weight is 309 g/mol. The molecule has 1 saturated carbocycles. The molecule has 1 N–H and O–H groups in total. The summed E-state index contributed by atoms with van der Waals surface area (Å²) in [5.74, 6) is 0.164. The standard InChI is InChI=1S/C14H17BrN2O/c1-9(2)17-12-8-10(15)4-5-11(12)16-13(18)14(17)6-3-7-14/h4-5,8-9H,3,6-7H2,1-2H3,(H,16,18). The van der Waals surface area contributed by atoms with Crippen molar-refractivity contribution in [1.29, 1.82) is 0 Å². The predicted molar refractivity (Wildman–Crippen MR) is 77.0 cm³/mol. The smallest absolute Gasteiger partial charge is 0.250 e. The first-order valence-corrected chi connectivity index (χ1v) is 7.24. The third kappa shape index (κ3) is 1.51. The van der Waals surface area contributed by atoms with Crippen LogP contribution in [-0.2, 0) is 4.79 Å². The van der Waals surface area contributed by atoms with Gasteiger partial charge in [-0.05, 0) is 51.3 Å². The maximum absolute atomic E-state index is 12.4. The molecule has 1 fully saturated rings. The Bertz CT molecular complexity index is 509. The van der Waals surface area contributed by atoms with Gasteiger partial charge in [-0.3, -0.25) is 4.79 Å². The molecule has 1 spiro atoms. The highest BCUT2D eigenvalue weighted by atomic mass is 79.9. The zero-order chi connectivity index (χ0) is 12.9. The number of halogens is 1. The van der Waals surface area contributed by atoms with Crippen LogP contribution in [0.2, 0.25) is 0 Å².